The average Bonchev–Trinajstić information content (AvgIpc) is 2.30. The highest BCUT2D eigenvalue weighted by atomic mass is 16.5. The summed E-state index contributed by atoms with van der Waals surface area (Å²) in [4.78, 5) is 13.6. The minimum Gasteiger partial charge on any atom is -0.467 e. The quantitative estimate of drug-likeness (QED) is 0.687. The van der Waals surface area contributed by atoms with Crippen molar-refractivity contribution in [2.45, 2.75) is 50.8 Å². The zero-order chi connectivity index (χ0) is 13.1. The summed E-state index contributed by atoms with van der Waals surface area (Å²) < 4.78 is 4.61. The number of methoxy groups -OCH3 is 1. The van der Waals surface area contributed by atoms with Crippen LogP contribution in [-0.4, -0.2) is 53.9 Å². The standard InChI is InChI=1S/C12H24N2O3/c1-9-5-4-6-10(7-13)14(9)8-12(2,16)11(15)17-3/h9-10,16H,4-8,13H2,1-3H3. The van der Waals surface area contributed by atoms with Gasteiger partial charge in [0, 0.05) is 25.2 Å². The van der Waals surface area contributed by atoms with E-state index in [-0.39, 0.29) is 12.6 Å². The predicted octanol–water partition coefficient (Wildman–Crippen LogP) is 0.112. The Hall–Kier alpha value is -0.650. The molecule has 1 heterocycles. The van der Waals surface area contributed by atoms with Gasteiger partial charge in [0.1, 0.15) is 0 Å². The number of β-amino-alcohol motifs (C(OH)–C–C–N with tert-alkyl or cyclic N) is 1. The first-order valence-electron chi connectivity index (χ1n) is 6.19. The third-order valence-corrected chi connectivity index (χ3v) is 3.58. The van der Waals surface area contributed by atoms with Gasteiger partial charge in [-0.2, -0.15) is 0 Å². The summed E-state index contributed by atoms with van der Waals surface area (Å²) >= 11 is 0. The van der Waals surface area contributed by atoms with Crippen molar-refractivity contribution in [3.8, 4) is 0 Å². The van der Waals surface area contributed by atoms with Gasteiger partial charge in [-0.1, -0.05) is 6.42 Å². The van der Waals surface area contributed by atoms with Crippen LogP contribution in [0.3, 0.4) is 0 Å². The van der Waals surface area contributed by atoms with E-state index in [1.54, 1.807) is 0 Å². The third kappa shape index (κ3) is 3.40. The minimum absolute atomic E-state index is 0.245. The maximum Gasteiger partial charge on any atom is 0.338 e. The van der Waals surface area contributed by atoms with Crippen LogP contribution in [0.2, 0.25) is 0 Å². The molecule has 100 valence electrons. The lowest BCUT2D eigenvalue weighted by Crippen LogP contribution is -2.56. The molecule has 5 heteroatoms. The number of likely N-dealkylation sites (tertiary alicyclic amines) is 1. The van der Waals surface area contributed by atoms with E-state index in [1.165, 1.54) is 14.0 Å². The van der Waals surface area contributed by atoms with E-state index in [4.69, 9.17) is 5.73 Å². The van der Waals surface area contributed by atoms with Crippen molar-refractivity contribution in [3.63, 3.8) is 0 Å². The van der Waals surface area contributed by atoms with Crippen LogP contribution in [0.25, 0.3) is 0 Å². The summed E-state index contributed by atoms with van der Waals surface area (Å²) in [5.74, 6) is -0.592. The van der Waals surface area contributed by atoms with Gasteiger partial charge in [-0.15, -0.1) is 0 Å². The molecule has 17 heavy (non-hydrogen) atoms. The number of carbonyl (C=O) groups excluding carboxylic acids is 1. The number of rotatable bonds is 4. The number of esters is 1. The molecule has 1 aliphatic heterocycles. The number of aliphatic hydroxyl groups is 1. The van der Waals surface area contributed by atoms with Crippen molar-refractivity contribution in [1.29, 1.82) is 0 Å². The van der Waals surface area contributed by atoms with Crippen molar-refractivity contribution in [2.75, 3.05) is 20.2 Å². The van der Waals surface area contributed by atoms with Crippen LogP contribution in [0, 0.1) is 0 Å². The van der Waals surface area contributed by atoms with E-state index in [0.29, 0.717) is 12.6 Å². The molecule has 0 radical (unpaired) electrons. The molecule has 3 unspecified atom stereocenters. The van der Waals surface area contributed by atoms with Crippen LogP contribution in [0.4, 0.5) is 0 Å². The normalized spacial score (nSPS) is 29.7. The van der Waals surface area contributed by atoms with Crippen LogP contribution in [0.1, 0.15) is 33.1 Å². The summed E-state index contributed by atoms with van der Waals surface area (Å²) in [6, 6.07) is 0.586. The van der Waals surface area contributed by atoms with Gasteiger partial charge in [0.25, 0.3) is 0 Å². The van der Waals surface area contributed by atoms with E-state index in [2.05, 4.69) is 16.6 Å². The predicted molar refractivity (Wildman–Crippen MR) is 65.5 cm³/mol. The monoisotopic (exact) mass is 244 g/mol. The molecule has 0 aromatic rings. The molecule has 1 aliphatic rings. The van der Waals surface area contributed by atoms with E-state index in [1.807, 2.05) is 0 Å². The van der Waals surface area contributed by atoms with Gasteiger partial charge in [0.2, 0.25) is 0 Å². The molecule has 3 N–H and O–H groups in total. The molecule has 1 rings (SSSR count). The Bertz CT molecular complexity index is 268. The minimum atomic E-state index is -1.46. The molecule has 1 fully saturated rings. The second-order valence-electron chi connectivity index (χ2n) is 5.11. The number of nitrogens with zero attached hydrogens (tertiary/aromatic N) is 1. The highest BCUT2D eigenvalue weighted by Gasteiger charge is 2.38. The highest BCUT2D eigenvalue weighted by molar-refractivity contribution is 5.78. The van der Waals surface area contributed by atoms with Crippen molar-refractivity contribution in [2.24, 2.45) is 5.73 Å². The molecule has 0 bridgehead atoms. The lowest BCUT2D eigenvalue weighted by Gasteiger charge is -2.42. The summed E-state index contributed by atoms with van der Waals surface area (Å²) in [7, 11) is 1.29. The Morgan fingerprint density at radius 3 is 2.76 bits per heavy atom. The number of ether oxygens (including phenoxy) is 1. The molecule has 0 aromatic carbocycles. The molecular weight excluding hydrogens is 220 g/mol. The van der Waals surface area contributed by atoms with E-state index >= 15 is 0 Å². The number of piperidine rings is 1. The van der Waals surface area contributed by atoms with Gasteiger partial charge in [-0.25, -0.2) is 4.79 Å². The fourth-order valence-corrected chi connectivity index (χ4v) is 2.52. The van der Waals surface area contributed by atoms with Crippen molar-refractivity contribution < 1.29 is 14.6 Å². The summed E-state index contributed by atoms with van der Waals surface area (Å²) in [6.07, 6.45) is 3.26. The molecule has 0 saturated carbocycles. The molecule has 5 nitrogen and oxygen atoms in total. The van der Waals surface area contributed by atoms with Gasteiger partial charge < -0.3 is 15.6 Å². The molecule has 1 saturated heterocycles. The maximum atomic E-state index is 11.5. The summed E-state index contributed by atoms with van der Waals surface area (Å²) in [6.45, 7) is 4.44. The highest BCUT2D eigenvalue weighted by Crippen LogP contribution is 2.24. The number of hydrogen-bond acceptors (Lipinski definition) is 5. The van der Waals surface area contributed by atoms with E-state index < -0.39 is 11.6 Å². The molecule has 3 atom stereocenters. The SMILES string of the molecule is COC(=O)C(C)(O)CN1C(C)CCCC1CN. The Labute approximate surface area is 103 Å². The van der Waals surface area contributed by atoms with Crippen LogP contribution in [0.15, 0.2) is 0 Å². The zero-order valence-corrected chi connectivity index (χ0v) is 11.0. The van der Waals surface area contributed by atoms with Gasteiger partial charge in [-0.05, 0) is 26.7 Å². The van der Waals surface area contributed by atoms with Gasteiger partial charge in [-0.3, -0.25) is 4.90 Å². The second-order valence-corrected chi connectivity index (χ2v) is 5.11. The first-order valence-corrected chi connectivity index (χ1v) is 6.19. The van der Waals surface area contributed by atoms with Crippen LogP contribution in [0.5, 0.6) is 0 Å². The Balaban J connectivity index is 2.72. The topological polar surface area (TPSA) is 75.8 Å². The first kappa shape index (κ1) is 14.4. The fourth-order valence-electron chi connectivity index (χ4n) is 2.52. The lowest BCUT2D eigenvalue weighted by molar-refractivity contribution is -0.164. The largest absolute Gasteiger partial charge is 0.467 e. The Morgan fingerprint density at radius 2 is 2.24 bits per heavy atom. The molecule has 0 spiro atoms. The molecule has 0 amide bonds. The number of carbonyl (C=O) groups is 1. The third-order valence-electron chi connectivity index (χ3n) is 3.58. The van der Waals surface area contributed by atoms with E-state index in [9.17, 15) is 9.90 Å². The van der Waals surface area contributed by atoms with Crippen molar-refractivity contribution in [3.05, 3.63) is 0 Å². The van der Waals surface area contributed by atoms with E-state index in [0.717, 1.165) is 19.3 Å². The second kappa shape index (κ2) is 5.80. The average molecular weight is 244 g/mol. The number of hydrogen-bond donors (Lipinski definition) is 2. The van der Waals surface area contributed by atoms with Gasteiger partial charge >= 0.3 is 5.97 Å². The number of nitrogens with two attached hydrogens (primary N) is 1. The lowest BCUT2D eigenvalue weighted by atomic mass is 9.94. The summed E-state index contributed by atoms with van der Waals surface area (Å²) in [5.41, 5.74) is 4.28. The zero-order valence-electron chi connectivity index (χ0n) is 11.0. The molecule has 0 aromatic heterocycles. The van der Waals surface area contributed by atoms with Crippen LogP contribution < -0.4 is 5.73 Å². The van der Waals surface area contributed by atoms with Crippen LogP contribution >= 0.6 is 0 Å². The van der Waals surface area contributed by atoms with Crippen molar-refractivity contribution >= 4 is 5.97 Å². The molecular formula is C12H24N2O3. The van der Waals surface area contributed by atoms with Gasteiger partial charge in [0.05, 0.1) is 7.11 Å². The first-order chi connectivity index (χ1) is 7.92. The molecule has 0 aliphatic carbocycles. The Kier molecular flexibility index (Phi) is 4.91. The fraction of sp³-hybridized carbons (Fsp3) is 0.917. The van der Waals surface area contributed by atoms with Gasteiger partial charge in [0.15, 0.2) is 5.60 Å². The Morgan fingerprint density at radius 1 is 1.59 bits per heavy atom. The van der Waals surface area contributed by atoms with Crippen molar-refractivity contribution in [1.82, 2.24) is 4.90 Å². The maximum absolute atomic E-state index is 11.5. The smallest absolute Gasteiger partial charge is 0.338 e. The summed E-state index contributed by atoms with van der Waals surface area (Å²) in [5, 5.41) is 10.1. The van der Waals surface area contributed by atoms with Crippen LogP contribution in [-0.2, 0) is 9.53 Å².